The van der Waals surface area contributed by atoms with E-state index in [4.69, 9.17) is 10.5 Å². The molecule has 2 rings (SSSR count). The molecular formula is C17H26N2O2. The second kappa shape index (κ2) is 6.48. The molecule has 0 fully saturated rings. The van der Waals surface area contributed by atoms with Crippen LogP contribution in [0.3, 0.4) is 0 Å². The first-order valence-electron chi connectivity index (χ1n) is 7.63. The number of amides is 1. The van der Waals surface area contributed by atoms with Crippen molar-refractivity contribution in [2.24, 2.45) is 11.7 Å². The summed E-state index contributed by atoms with van der Waals surface area (Å²) in [5, 5.41) is 2.89. The average molecular weight is 290 g/mol. The minimum absolute atomic E-state index is 0.0286. The Morgan fingerprint density at radius 3 is 2.38 bits per heavy atom. The van der Waals surface area contributed by atoms with Crippen LogP contribution in [-0.2, 0) is 17.6 Å². The third-order valence-electron chi connectivity index (χ3n) is 3.76. The summed E-state index contributed by atoms with van der Waals surface area (Å²) in [7, 11) is 0. The van der Waals surface area contributed by atoms with E-state index in [1.165, 1.54) is 11.1 Å². The highest BCUT2D eigenvalue weighted by molar-refractivity contribution is 5.68. The summed E-state index contributed by atoms with van der Waals surface area (Å²) in [5.74, 6) is 0.547. The monoisotopic (exact) mass is 290 g/mol. The minimum Gasteiger partial charge on any atom is -0.444 e. The quantitative estimate of drug-likeness (QED) is 0.896. The Labute approximate surface area is 127 Å². The number of hydrogen-bond acceptors (Lipinski definition) is 3. The fourth-order valence-corrected chi connectivity index (χ4v) is 2.91. The number of benzene rings is 1. The summed E-state index contributed by atoms with van der Waals surface area (Å²) in [6.45, 7) is 6.01. The van der Waals surface area contributed by atoms with Gasteiger partial charge in [-0.2, -0.15) is 0 Å². The van der Waals surface area contributed by atoms with Crippen LogP contribution >= 0.6 is 0 Å². The van der Waals surface area contributed by atoms with Crippen LogP contribution in [0, 0.1) is 5.92 Å². The molecule has 0 aliphatic heterocycles. The topological polar surface area (TPSA) is 64.3 Å². The zero-order valence-corrected chi connectivity index (χ0v) is 13.2. The summed E-state index contributed by atoms with van der Waals surface area (Å²) in [6, 6.07) is 8.52. The normalized spacial score (nSPS) is 16.4. The molecule has 1 aromatic carbocycles. The van der Waals surface area contributed by atoms with Crippen LogP contribution in [0.25, 0.3) is 0 Å². The molecule has 4 heteroatoms. The van der Waals surface area contributed by atoms with E-state index in [1.54, 1.807) is 0 Å². The SMILES string of the molecule is CC(C)(C)OC(=O)NC(CN)CC1Cc2ccccc2C1. The number of nitrogens with two attached hydrogens (primary N) is 1. The maximum atomic E-state index is 11.8. The van der Waals surface area contributed by atoms with E-state index in [9.17, 15) is 4.79 Å². The minimum atomic E-state index is -0.479. The Morgan fingerprint density at radius 1 is 1.33 bits per heavy atom. The highest BCUT2D eigenvalue weighted by Crippen LogP contribution is 2.29. The lowest BCUT2D eigenvalue weighted by molar-refractivity contribution is 0.0499. The summed E-state index contributed by atoms with van der Waals surface area (Å²) in [4.78, 5) is 11.8. The molecule has 0 heterocycles. The van der Waals surface area contributed by atoms with Gasteiger partial charge in [0, 0.05) is 12.6 Å². The molecule has 0 saturated carbocycles. The molecule has 1 aromatic rings. The van der Waals surface area contributed by atoms with Gasteiger partial charge in [0.2, 0.25) is 0 Å². The van der Waals surface area contributed by atoms with E-state index in [0.717, 1.165) is 19.3 Å². The van der Waals surface area contributed by atoms with E-state index in [1.807, 2.05) is 20.8 Å². The third kappa shape index (κ3) is 4.74. The molecule has 116 valence electrons. The van der Waals surface area contributed by atoms with Gasteiger partial charge in [0.15, 0.2) is 0 Å². The molecule has 1 amide bonds. The van der Waals surface area contributed by atoms with Gasteiger partial charge in [0.05, 0.1) is 0 Å². The standard InChI is InChI=1S/C17H26N2O2/c1-17(2,3)21-16(20)19-15(11-18)10-12-8-13-6-4-5-7-14(13)9-12/h4-7,12,15H,8-11,18H2,1-3H3,(H,19,20). The van der Waals surface area contributed by atoms with Crippen molar-refractivity contribution in [2.75, 3.05) is 6.54 Å². The van der Waals surface area contributed by atoms with E-state index in [0.29, 0.717) is 12.5 Å². The first-order chi connectivity index (χ1) is 9.87. The molecule has 1 unspecified atom stereocenters. The second-order valence-electron chi connectivity index (χ2n) is 6.86. The van der Waals surface area contributed by atoms with Gasteiger partial charge >= 0.3 is 6.09 Å². The summed E-state index contributed by atoms with van der Waals surface area (Å²) < 4.78 is 5.29. The largest absolute Gasteiger partial charge is 0.444 e. The van der Waals surface area contributed by atoms with Crippen molar-refractivity contribution in [3.8, 4) is 0 Å². The molecule has 0 spiro atoms. The Hall–Kier alpha value is -1.55. The lowest BCUT2D eigenvalue weighted by atomic mass is 9.97. The van der Waals surface area contributed by atoms with Crippen LogP contribution in [0.2, 0.25) is 0 Å². The van der Waals surface area contributed by atoms with Gasteiger partial charge in [-0.05, 0) is 57.1 Å². The van der Waals surface area contributed by atoms with E-state index < -0.39 is 5.60 Å². The summed E-state index contributed by atoms with van der Waals surface area (Å²) in [6.07, 6.45) is 2.66. The molecule has 0 radical (unpaired) electrons. The Morgan fingerprint density at radius 2 is 1.90 bits per heavy atom. The van der Waals surface area contributed by atoms with Crippen molar-refractivity contribution in [1.82, 2.24) is 5.32 Å². The predicted molar refractivity (Wildman–Crippen MR) is 84.2 cm³/mol. The molecule has 3 N–H and O–H groups in total. The maximum absolute atomic E-state index is 11.8. The first-order valence-corrected chi connectivity index (χ1v) is 7.63. The Kier molecular flexibility index (Phi) is 4.88. The smallest absolute Gasteiger partial charge is 0.407 e. The van der Waals surface area contributed by atoms with E-state index >= 15 is 0 Å². The number of carbonyl (C=O) groups is 1. The number of carbonyl (C=O) groups excluding carboxylic acids is 1. The van der Waals surface area contributed by atoms with Gasteiger partial charge < -0.3 is 15.8 Å². The van der Waals surface area contributed by atoms with Crippen LogP contribution < -0.4 is 11.1 Å². The fourth-order valence-electron chi connectivity index (χ4n) is 2.91. The van der Waals surface area contributed by atoms with Crippen molar-refractivity contribution in [1.29, 1.82) is 0 Å². The zero-order chi connectivity index (χ0) is 15.5. The van der Waals surface area contributed by atoms with Crippen LogP contribution in [0.4, 0.5) is 4.79 Å². The number of nitrogens with one attached hydrogen (secondary N) is 1. The molecule has 0 bridgehead atoms. The van der Waals surface area contributed by atoms with Crippen LogP contribution in [0.5, 0.6) is 0 Å². The lowest BCUT2D eigenvalue weighted by Gasteiger charge is -2.24. The van der Waals surface area contributed by atoms with Crippen molar-refractivity contribution >= 4 is 6.09 Å². The Bertz CT molecular complexity index is 469. The zero-order valence-electron chi connectivity index (χ0n) is 13.2. The number of fused-ring (bicyclic) bond motifs is 1. The number of rotatable bonds is 4. The second-order valence-corrected chi connectivity index (χ2v) is 6.86. The molecule has 0 aromatic heterocycles. The van der Waals surface area contributed by atoms with E-state index in [-0.39, 0.29) is 12.1 Å². The van der Waals surface area contributed by atoms with Gasteiger partial charge in [0.1, 0.15) is 5.60 Å². The van der Waals surface area contributed by atoms with Crippen LogP contribution in [0.15, 0.2) is 24.3 Å². The molecule has 1 atom stereocenters. The Balaban J connectivity index is 1.85. The number of hydrogen-bond donors (Lipinski definition) is 2. The van der Waals surface area contributed by atoms with Crippen molar-refractivity contribution in [3.63, 3.8) is 0 Å². The van der Waals surface area contributed by atoms with Gasteiger partial charge in [-0.15, -0.1) is 0 Å². The number of ether oxygens (including phenoxy) is 1. The molecule has 0 saturated heterocycles. The number of alkyl carbamates (subject to hydrolysis) is 1. The maximum Gasteiger partial charge on any atom is 0.407 e. The summed E-state index contributed by atoms with van der Waals surface area (Å²) in [5.41, 5.74) is 8.17. The van der Waals surface area contributed by atoms with Gasteiger partial charge in [-0.1, -0.05) is 24.3 Å². The molecule has 1 aliphatic rings. The van der Waals surface area contributed by atoms with Gasteiger partial charge in [-0.3, -0.25) is 0 Å². The highest BCUT2D eigenvalue weighted by atomic mass is 16.6. The fraction of sp³-hybridized carbons (Fsp3) is 0.588. The molecule has 1 aliphatic carbocycles. The van der Waals surface area contributed by atoms with E-state index in [2.05, 4.69) is 29.6 Å². The molecular weight excluding hydrogens is 264 g/mol. The first kappa shape index (κ1) is 15.8. The van der Waals surface area contributed by atoms with Crippen LogP contribution in [-0.4, -0.2) is 24.3 Å². The third-order valence-corrected chi connectivity index (χ3v) is 3.76. The predicted octanol–water partition coefficient (Wildman–Crippen LogP) is 2.64. The summed E-state index contributed by atoms with van der Waals surface area (Å²) >= 11 is 0. The molecule has 4 nitrogen and oxygen atoms in total. The van der Waals surface area contributed by atoms with Crippen molar-refractivity contribution in [2.45, 2.75) is 51.7 Å². The van der Waals surface area contributed by atoms with Gasteiger partial charge in [-0.25, -0.2) is 4.79 Å². The van der Waals surface area contributed by atoms with Gasteiger partial charge in [0.25, 0.3) is 0 Å². The average Bonchev–Trinajstić information content (AvgIpc) is 2.77. The lowest BCUT2D eigenvalue weighted by Crippen LogP contribution is -2.44. The molecule has 21 heavy (non-hydrogen) atoms. The van der Waals surface area contributed by atoms with Crippen molar-refractivity contribution in [3.05, 3.63) is 35.4 Å². The highest BCUT2D eigenvalue weighted by Gasteiger charge is 2.25. The van der Waals surface area contributed by atoms with Crippen LogP contribution in [0.1, 0.15) is 38.3 Å². The van der Waals surface area contributed by atoms with Crippen molar-refractivity contribution < 1.29 is 9.53 Å².